The van der Waals surface area contributed by atoms with E-state index < -0.39 is 0 Å². The first-order valence-corrected chi connectivity index (χ1v) is 5.93. The van der Waals surface area contributed by atoms with Crippen LogP contribution in [0.25, 0.3) is 5.52 Å². The largest absolute Gasteiger partial charge is 0.323 e. The molecule has 0 unspecified atom stereocenters. The fraction of sp³-hybridized carbons (Fsp3) is 0.0625. The van der Waals surface area contributed by atoms with Crippen molar-refractivity contribution in [3.05, 3.63) is 77.6 Å². The van der Waals surface area contributed by atoms with Gasteiger partial charge in [-0.15, -0.1) is 0 Å². The third-order valence-corrected chi connectivity index (χ3v) is 3.23. The van der Waals surface area contributed by atoms with Crippen molar-refractivity contribution in [2.75, 3.05) is 0 Å². The number of hydrogen-bond donors (Lipinski definition) is 0. The summed E-state index contributed by atoms with van der Waals surface area (Å²) in [6.45, 7) is 1.99. The van der Waals surface area contributed by atoms with Gasteiger partial charge in [-0.25, -0.2) is 0 Å². The van der Waals surface area contributed by atoms with Crippen molar-refractivity contribution in [2.45, 2.75) is 6.92 Å². The molecular weight excluding hydrogens is 222 g/mol. The molecule has 2 aromatic heterocycles. The quantitative estimate of drug-likeness (QED) is 0.623. The van der Waals surface area contributed by atoms with E-state index in [2.05, 4.69) is 0 Å². The number of pyridine rings is 1. The van der Waals surface area contributed by atoms with Crippen molar-refractivity contribution in [1.82, 2.24) is 4.40 Å². The molecule has 3 aromatic rings. The molecule has 0 saturated heterocycles. The lowest BCUT2D eigenvalue weighted by Gasteiger charge is -1.99. The standard InChI is InChI=1S/C16H13NO/c1-12-14(11-17-10-6-5-9-15(12)17)16(18)13-7-3-2-4-8-13/h2-11H,1H3. The molecule has 0 saturated carbocycles. The van der Waals surface area contributed by atoms with E-state index in [1.165, 1.54) is 0 Å². The van der Waals surface area contributed by atoms with Crippen molar-refractivity contribution in [1.29, 1.82) is 0 Å². The molecule has 88 valence electrons. The smallest absolute Gasteiger partial charge is 0.194 e. The number of aromatic nitrogens is 1. The van der Waals surface area contributed by atoms with Gasteiger partial charge in [-0.3, -0.25) is 4.79 Å². The van der Waals surface area contributed by atoms with Gasteiger partial charge in [-0.2, -0.15) is 0 Å². The van der Waals surface area contributed by atoms with Crippen molar-refractivity contribution < 1.29 is 4.79 Å². The molecule has 0 bridgehead atoms. The third kappa shape index (κ3) is 1.63. The lowest BCUT2D eigenvalue weighted by Crippen LogP contribution is -2.00. The van der Waals surface area contributed by atoms with E-state index in [1.807, 2.05) is 72.2 Å². The number of benzene rings is 1. The Bertz CT molecular complexity index is 710. The number of nitrogens with zero attached hydrogens (tertiary/aromatic N) is 1. The molecule has 0 amide bonds. The molecular formula is C16H13NO. The number of fused-ring (bicyclic) bond motifs is 1. The minimum atomic E-state index is 0.0804. The van der Waals surface area contributed by atoms with E-state index in [-0.39, 0.29) is 5.78 Å². The van der Waals surface area contributed by atoms with Gasteiger partial charge in [-0.1, -0.05) is 36.4 Å². The highest BCUT2D eigenvalue weighted by atomic mass is 16.1. The summed E-state index contributed by atoms with van der Waals surface area (Å²) in [6, 6.07) is 15.4. The zero-order valence-electron chi connectivity index (χ0n) is 10.1. The Morgan fingerprint density at radius 1 is 1.00 bits per heavy atom. The van der Waals surface area contributed by atoms with E-state index in [4.69, 9.17) is 0 Å². The van der Waals surface area contributed by atoms with Crippen molar-refractivity contribution in [3.63, 3.8) is 0 Å². The van der Waals surface area contributed by atoms with Crippen LogP contribution in [-0.4, -0.2) is 10.2 Å². The zero-order valence-corrected chi connectivity index (χ0v) is 10.1. The summed E-state index contributed by atoms with van der Waals surface area (Å²) in [4.78, 5) is 12.4. The average Bonchev–Trinajstić information content (AvgIpc) is 2.77. The van der Waals surface area contributed by atoms with Crippen LogP contribution in [-0.2, 0) is 0 Å². The molecule has 1 aromatic carbocycles. The summed E-state index contributed by atoms with van der Waals surface area (Å²) in [7, 11) is 0. The van der Waals surface area contributed by atoms with Crippen LogP contribution >= 0.6 is 0 Å². The maximum Gasteiger partial charge on any atom is 0.194 e. The van der Waals surface area contributed by atoms with E-state index in [9.17, 15) is 4.79 Å². The van der Waals surface area contributed by atoms with Gasteiger partial charge in [-0.05, 0) is 24.6 Å². The number of carbonyl (C=O) groups is 1. The lowest BCUT2D eigenvalue weighted by molar-refractivity contribution is 0.103. The van der Waals surface area contributed by atoms with Gasteiger partial charge < -0.3 is 4.40 Å². The Hall–Kier alpha value is -2.35. The Kier molecular flexibility index (Phi) is 2.49. The average molecular weight is 235 g/mol. The van der Waals surface area contributed by atoms with E-state index in [0.29, 0.717) is 0 Å². The molecule has 0 aliphatic carbocycles. The fourth-order valence-electron chi connectivity index (χ4n) is 2.23. The van der Waals surface area contributed by atoms with Gasteiger partial charge in [0.25, 0.3) is 0 Å². The highest BCUT2D eigenvalue weighted by molar-refractivity contribution is 6.10. The highest BCUT2D eigenvalue weighted by Crippen LogP contribution is 2.20. The monoisotopic (exact) mass is 235 g/mol. The van der Waals surface area contributed by atoms with Crippen LogP contribution in [0, 0.1) is 6.92 Å². The minimum absolute atomic E-state index is 0.0804. The lowest BCUT2D eigenvalue weighted by atomic mass is 10.0. The first-order chi connectivity index (χ1) is 8.77. The van der Waals surface area contributed by atoms with E-state index in [1.54, 1.807) is 0 Å². The fourth-order valence-corrected chi connectivity index (χ4v) is 2.23. The van der Waals surface area contributed by atoms with Crippen LogP contribution < -0.4 is 0 Å². The molecule has 0 N–H and O–H groups in total. The number of hydrogen-bond acceptors (Lipinski definition) is 1. The van der Waals surface area contributed by atoms with Crippen molar-refractivity contribution in [3.8, 4) is 0 Å². The van der Waals surface area contributed by atoms with Crippen LogP contribution in [0.1, 0.15) is 21.5 Å². The second-order valence-electron chi connectivity index (χ2n) is 4.36. The first kappa shape index (κ1) is 10.8. The number of aryl methyl sites for hydroxylation is 1. The summed E-state index contributed by atoms with van der Waals surface area (Å²) >= 11 is 0. The molecule has 0 aliphatic rings. The van der Waals surface area contributed by atoms with Crippen LogP contribution in [0.3, 0.4) is 0 Å². The Morgan fingerprint density at radius 2 is 1.72 bits per heavy atom. The first-order valence-electron chi connectivity index (χ1n) is 5.93. The molecule has 2 heterocycles. The Balaban J connectivity index is 2.15. The van der Waals surface area contributed by atoms with Gasteiger partial charge >= 0.3 is 0 Å². The van der Waals surface area contributed by atoms with E-state index >= 15 is 0 Å². The second kappa shape index (κ2) is 4.15. The molecule has 0 spiro atoms. The number of carbonyl (C=O) groups excluding carboxylic acids is 1. The number of rotatable bonds is 2. The third-order valence-electron chi connectivity index (χ3n) is 3.23. The molecule has 0 atom stereocenters. The topological polar surface area (TPSA) is 21.5 Å². The highest BCUT2D eigenvalue weighted by Gasteiger charge is 2.14. The van der Waals surface area contributed by atoms with Gasteiger partial charge in [0.15, 0.2) is 5.78 Å². The van der Waals surface area contributed by atoms with Crippen LogP contribution in [0.15, 0.2) is 60.9 Å². The molecule has 0 fully saturated rings. The second-order valence-corrected chi connectivity index (χ2v) is 4.36. The molecule has 2 nitrogen and oxygen atoms in total. The molecule has 0 radical (unpaired) electrons. The predicted molar refractivity (Wildman–Crippen MR) is 72.0 cm³/mol. The minimum Gasteiger partial charge on any atom is -0.323 e. The summed E-state index contributed by atoms with van der Waals surface area (Å²) in [6.07, 6.45) is 3.87. The number of ketones is 1. The SMILES string of the molecule is Cc1c(C(=O)c2ccccc2)cn2ccccc12. The van der Waals surface area contributed by atoms with Crippen LogP contribution in [0.4, 0.5) is 0 Å². The van der Waals surface area contributed by atoms with Crippen LogP contribution in [0.5, 0.6) is 0 Å². The summed E-state index contributed by atoms with van der Waals surface area (Å²) < 4.78 is 1.99. The molecule has 18 heavy (non-hydrogen) atoms. The summed E-state index contributed by atoms with van der Waals surface area (Å²) in [5, 5.41) is 0. The van der Waals surface area contributed by atoms with Gasteiger partial charge in [0, 0.05) is 29.0 Å². The molecule has 0 aliphatic heterocycles. The Morgan fingerprint density at radius 3 is 2.44 bits per heavy atom. The van der Waals surface area contributed by atoms with Crippen LogP contribution in [0.2, 0.25) is 0 Å². The predicted octanol–water partition coefficient (Wildman–Crippen LogP) is 3.48. The Labute approximate surface area is 105 Å². The summed E-state index contributed by atoms with van der Waals surface area (Å²) in [5.74, 6) is 0.0804. The van der Waals surface area contributed by atoms with Gasteiger partial charge in [0.2, 0.25) is 0 Å². The van der Waals surface area contributed by atoms with Crippen molar-refractivity contribution in [2.24, 2.45) is 0 Å². The maximum absolute atomic E-state index is 12.4. The molecule has 2 heteroatoms. The normalized spacial score (nSPS) is 10.7. The zero-order chi connectivity index (χ0) is 12.5. The van der Waals surface area contributed by atoms with E-state index in [0.717, 1.165) is 22.2 Å². The molecule has 3 rings (SSSR count). The van der Waals surface area contributed by atoms with Gasteiger partial charge in [0.05, 0.1) is 0 Å². The van der Waals surface area contributed by atoms with Crippen molar-refractivity contribution >= 4 is 11.3 Å². The maximum atomic E-state index is 12.4. The summed E-state index contributed by atoms with van der Waals surface area (Å²) in [5.41, 5.74) is 3.62. The van der Waals surface area contributed by atoms with Gasteiger partial charge in [0.1, 0.15) is 0 Å².